The van der Waals surface area contributed by atoms with Gasteiger partial charge in [-0.25, -0.2) is 0 Å². The number of hydrogen-bond donors (Lipinski definition) is 14. The van der Waals surface area contributed by atoms with Crippen LogP contribution < -0.4 is 63.8 Å². The Hall–Kier alpha value is -8.45. The molecule has 466 valence electrons. The maximum atomic E-state index is 14.8. The molecule has 25 heteroatoms. The zero-order valence-electron chi connectivity index (χ0n) is 50.3. The Balaban J connectivity index is 1.98. The lowest BCUT2D eigenvalue weighted by Gasteiger charge is -2.27. The molecule has 85 heavy (non-hydrogen) atoms. The summed E-state index contributed by atoms with van der Waals surface area (Å²) in [5, 5.41) is 50.4. The van der Waals surface area contributed by atoms with E-state index in [-0.39, 0.29) is 89.0 Å². The zero-order chi connectivity index (χ0) is 62.7. The van der Waals surface area contributed by atoms with Crippen molar-refractivity contribution in [3.05, 3.63) is 96.1 Å². The van der Waals surface area contributed by atoms with Gasteiger partial charge in [-0.2, -0.15) is 0 Å². The van der Waals surface area contributed by atoms with Gasteiger partial charge in [0.25, 0.3) is 0 Å². The number of benzene rings is 3. The lowest BCUT2D eigenvalue weighted by molar-refractivity contribution is -0.143. The van der Waals surface area contributed by atoms with Crippen LogP contribution in [0.2, 0.25) is 0 Å². The van der Waals surface area contributed by atoms with Crippen LogP contribution in [0.1, 0.15) is 88.3 Å². The molecule has 0 saturated carbocycles. The van der Waals surface area contributed by atoms with Crippen LogP contribution in [0.15, 0.2) is 79.4 Å². The van der Waals surface area contributed by atoms with E-state index in [1.54, 1.807) is 27.2 Å². The number of unbranched alkanes of at least 4 members (excludes halogenated alkanes) is 1. The minimum Gasteiger partial charge on any atom is -0.461 e. The number of carbonyl (C=O) groups excluding carboxylic acids is 9. The molecule has 7 amide bonds. The van der Waals surface area contributed by atoms with Crippen LogP contribution in [0.5, 0.6) is 0 Å². The lowest BCUT2D eigenvalue weighted by atomic mass is 10.00. The van der Waals surface area contributed by atoms with Crippen molar-refractivity contribution in [2.75, 3.05) is 67.5 Å². The van der Waals surface area contributed by atoms with Crippen molar-refractivity contribution in [3.63, 3.8) is 0 Å². The molecule has 0 aliphatic carbocycles. The molecule has 3 aromatic rings. The number of rotatable bonds is 39. The van der Waals surface area contributed by atoms with Crippen LogP contribution in [0.25, 0.3) is 10.8 Å². The Morgan fingerprint density at radius 3 is 1.71 bits per heavy atom. The minimum absolute atomic E-state index is 0.00224. The minimum atomic E-state index is -1.37. The highest BCUT2D eigenvalue weighted by atomic mass is 16.5. The van der Waals surface area contributed by atoms with Gasteiger partial charge < -0.3 is 78.2 Å². The summed E-state index contributed by atoms with van der Waals surface area (Å²) >= 11 is 0. The van der Waals surface area contributed by atoms with Gasteiger partial charge in [-0.1, -0.05) is 84.9 Å². The average Bonchev–Trinajstić information content (AvgIpc) is 3.70. The number of likely N-dealkylation sites (N-methyl/N-ethyl adjacent to an activating group) is 1. The highest BCUT2D eigenvalue weighted by Crippen LogP contribution is 2.18. The Labute approximate surface area is 499 Å². The van der Waals surface area contributed by atoms with Crippen molar-refractivity contribution < 1.29 is 47.9 Å². The fourth-order valence-electron chi connectivity index (χ4n) is 8.69. The van der Waals surface area contributed by atoms with E-state index in [1.807, 2.05) is 74.6 Å². The van der Waals surface area contributed by atoms with Gasteiger partial charge in [0, 0.05) is 52.5 Å². The fraction of sp³-hybridized carbons (Fsp3) is 0.517. The summed E-state index contributed by atoms with van der Waals surface area (Å²) in [5.41, 5.74) is 2.41. The highest BCUT2D eigenvalue weighted by molar-refractivity contribution is 5.97. The summed E-state index contributed by atoms with van der Waals surface area (Å²) in [6.45, 7) is 9.95. The number of aldehydes is 1. The van der Waals surface area contributed by atoms with Gasteiger partial charge in [0.05, 0.1) is 19.1 Å². The molecule has 0 aliphatic rings. The van der Waals surface area contributed by atoms with E-state index in [9.17, 15) is 43.2 Å². The van der Waals surface area contributed by atoms with Gasteiger partial charge in [0.1, 0.15) is 43.1 Å². The number of fused-ring (bicyclic) bond motifs is 1. The third-order valence-corrected chi connectivity index (χ3v) is 13.9. The van der Waals surface area contributed by atoms with Crippen molar-refractivity contribution in [1.82, 2.24) is 68.7 Å². The first-order valence-corrected chi connectivity index (χ1v) is 28.9. The number of hydrogen-bond acceptors (Lipinski definition) is 14. The SMILES string of the molecule is C=CCOC(=O)CC[C@H](NC(=O)CNC(=O)[C@H](Cc1ccc2ccccc2c1)NC(=O)[C@@H](CCCNC(=N)NC)NC(=O)[C@H](CCCCN(C)C(C)C)NC(=O)[C@H](Cc1ccc(C)cc1)NC(=O)CNC)C(=O)N[C@H](C=O)CCCNC(=N)NC. The predicted molar refractivity (Wildman–Crippen MR) is 327 cm³/mol. The predicted octanol–water partition coefficient (Wildman–Crippen LogP) is 0.445. The molecule has 6 atom stereocenters. The maximum absolute atomic E-state index is 14.8. The summed E-state index contributed by atoms with van der Waals surface area (Å²) in [5.74, 6) is -5.56. The molecule has 0 aromatic heterocycles. The van der Waals surface area contributed by atoms with Gasteiger partial charge in [-0.15, -0.1) is 0 Å². The molecule has 3 rings (SSSR count). The summed E-state index contributed by atoms with van der Waals surface area (Å²) in [7, 11) is 6.73. The van der Waals surface area contributed by atoms with Crippen molar-refractivity contribution >= 4 is 76.3 Å². The zero-order valence-corrected chi connectivity index (χ0v) is 50.3. The van der Waals surface area contributed by atoms with Crippen LogP contribution in [-0.2, 0) is 60.7 Å². The molecule has 14 N–H and O–H groups in total. The van der Waals surface area contributed by atoms with Gasteiger partial charge in [-0.3, -0.25) is 49.2 Å². The fourth-order valence-corrected chi connectivity index (χ4v) is 8.69. The first-order valence-electron chi connectivity index (χ1n) is 28.9. The Kier molecular flexibility index (Phi) is 32.6. The summed E-state index contributed by atoms with van der Waals surface area (Å²) in [6, 6.07) is 13.5. The molecular weight excluding hydrogens is 1090 g/mol. The van der Waals surface area contributed by atoms with E-state index in [1.165, 1.54) is 6.08 Å². The van der Waals surface area contributed by atoms with Crippen molar-refractivity contribution in [2.45, 2.75) is 134 Å². The van der Waals surface area contributed by atoms with E-state index in [4.69, 9.17) is 15.6 Å². The van der Waals surface area contributed by atoms with Gasteiger partial charge in [0.2, 0.25) is 41.4 Å². The molecule has 25 nitrogen and oxygen atoms in total. The summed E-state index contributed by atoms with van der Waals surface area (Å²) in [4.78, 5) is 125. The standard InChI is InChI=1S/C60H91N15O10/c1-9-32-85-53(79)28-27-48(55(81)69-45(38-76)18-14-29-66-59(61)64-6)70-52(78)37-68-54(80)49(35-42-25-26-43-16-10-11-17-44(43)33-42)74-57(83)47(20-15-30-67-60(62)65-7)72-56(82)46(19-12-13-31-75(8)39(2)3)73-58(84)50(71-51(77)36-63-5)34-41-23-21-40(4)22-24-41/h9-11,16-17,21-26,33,38-39,45-50,63H,1,12-15,18-20,27-32,34-37H2,2-8H3,(H,68,80)(H,69,81)(H,70,78)(H,71,77)(H,72,82)(H,73,84)(H,74,83)(H3,61,64,66)(H3,62,65,67)/t45-,46-,47+,48-,49-,50-/m0/s1. The summed E-state index contributed by atoms with van der Waals surface area (Å²) in [6.07, 6.45) is 3.52. The topological polar surface area (TPSA) is 358 Å². The highest BCUT2D eigenvalue weighted by Gasteiger charge is 2.33. The number of ether oxygens (including phenoxy) is 1. The average molecular weight is 1180 g/mol. The van der Waals surface area contributed by atoms with Crippen molar-refractivity contribution in [2.24, 2.45) is 0 Å². The third kappa shape index (κ3) is 27.7. The molecule has 0 spiro atoms. The smallest absolute Gasteiger partial charge is 0.306 e. The monoisotopic (exact) mass is 1180 g/mol. The molecule has 3 aromatic carbocycles. The number of nitrogens with one attached hydrogen (secondary N) is 14. The van der Waals surface area contributed by atoms with Crippen LogP contribution in [-0.4, -0.2) is 180 Å². The largest absolute Gasteiger partial charge is 0.461 e. The van der Waals surface area contributed by atoms with E-state index in [2.05, 4.69) is 89.1 Å². The Morgan fingerprint density at radius 1 is 0.588 bits per heavy atom. The van der Waals surface area contributed by atoms with E-state index < -0.39 is 90.1 Å². The Bertz CT molecular complexity index is 2690. The van der Waals surface area contributed by atoms with E-state index in [0.717, 1.165) is 21.9 Å². The molecular formula is C60H91N15O10. The lowest BCUT2D eigenvalue weighted by Crippen LogP contribution is -2.59. The van der Waals surface area contributed by atoms with Crippen molar-refractivity contribution in [1.29, 1.82) is 10.8 Å². The number of amides is 7. The van der Waals surface area contributed by atoms with Crippen LogP contribution in [0, 0.1) is 17.7 Å². The molecule has 0 saturated heterocycles. The number of esters is 1. The second-order valence-corrected chi connectivity index (χ2v) is 21.0. The van der Waals surface area contributed by atoms with Crippen LogP contribution in [0.3, 0.4) is 0 Å². The number of carbonyl (C=O) groups is 9. The molecule has 0 unspecified atom stereocenters. The maximum Gasteiger partial charge on any atom is 0.306 e. The van der Waals surface area contributed by atoms with Gasteiger partial charge >= 0.3 is 5.97 Å². The summed E-state index contributed by atoms with van der Waals surface area (Å²) < 4.78 is 5.07. The van der Waals surface area contributed by atoms with Gasteiger partial charge in [0.15, 0.2) is 11.9 Å². The first-order chi connectivity index (χ1) is 40.7. The van der Waals surface area contributed by atoms with Crippen molar-refractivity contribution in [3.8, 4) is 0 Å². The van der Waals surface area contributed by atoms with Gasteiger partial charge in [-0.05, 0) is 115 Å². The number of aryl methyl sites for hydroxylation is 1. The van der Waals surface area contributed by atoms with E-state index in [0.29, 0.717) is 44.2 Å². The van der Waals surface area contributed by atoms with Crippen LogP contribution in [0.4, 0.5) is 0 Å². The first kappa shape index (κ1) is 70.8. The molecule has 0 radical (unpaired) electrons. The second-order valence-electron chi connectivity index (χ2n) is 21.0. The Morgan fingerprint density at radius 2 is 1.11 bits per heavy atom. The molecule has 0 bridgehead atoms. The van der Waals surface area contributed by atoms with Crippen LogP contribution >= 0.6 is 0 Å². The quantitative estimate of drug-likeness (QED) is 0.00921. The van der Waals surface area contributed by atoms with E-state index >= 15 is 0 Å². The molecule has 0 fully saturated rings. The third-order valence-electron chi connectivity index (χ3n) is 13.9. The number of guanidine groups is 2. The number of nitrogens with zero attached hydrogens (tertiary/aromatic N) is 1. The normalized spacial score (nSPS) is 13.0. The molecule has 0 aliphatic heterocycles. The second kappa shape index (κ2) is 39.2. The molecule has 0 heterocycles.